The Bertz CT molecular complexity index is 882. The van der Waals surface area contributed by atoms with E-state index in [0.29, 0.717) is 21.9 Å². The van der Waals surface area contributed by atoms with E-state index in [2.05, 4.69) is 4.98 Å². The second kappa shape index (κ2) is 4.45. The first-order chi connectivity index (χ1) is 9.58. The van der Waals surface area contributed by atoms with E-state index in [1.807, 2.05) is 0 Å². The highest BCUT2D eigenvalue weighted by Gasteiger charge is 2.16. The molecule has 0 bridgehead atoms. The summed E-state index contributed by atoms with van der Waals surface area (Å²) in [6.45, 7) is 1.58. The van der Waals surface area contributed by atoms with E-state index < -0.39 is 11.9 Å². The molecule has 0 aliphatic heterocycles. The summed E-state index contributed by atoms with van der Waals surface area (Å²) in [7, 11) is 0. The highest BCUT2D eigenvalue weighted by molar-refractivity contribution is 5.89. The van der Waals surface area contributed by atoms with Gasteiger partial charge in [-0.2, -0.15) is 0 Å². The van der Waals surface area contributed by atoms with Crippen LogP contribution in [-0.4, -0.2) is 16.1 Å². The largest absolute Gasteiger partial charge is 0.481 e. The van der Waals surface area contributed by atoms with Crippen LogP contribution in [0.2, 0.25) is 0 Å². The third kappa shape index (κ3) is 1.84. The van der Waals surface area contributed by atoms with E-state index >= 15 is 0 Å². The molecule has 1 N–H and O–H groups in total. The Kier molecular flexibility index (Phi) is 2.75. The van der Waals surface area contributed by atoms with Crippen molar-refractivity contribution in [1.29, 1.82) is 0 Å². The quantitative estimate of drug-likeness (QED) is 0.723. The van der Waals surface area contributed by atoms with Gasteiger partial charge in [0.1, 0.15) is 5.58 Å². The molecular weight excluding hydrogens is 258 g/mol. The van der Waals surface area contributed by atoms with Crippen LogP contribution in [0.5, 0.6) is 0 Å². The van der Waals surface area contributed by atoms with E-state index in [-0.39, 0.29) is 11.1 Å². The van der Waals surface area contributed by atoms with Gasteiger partial charge in [-0.25, -0.2) is 4.98 Å². The SMILES string of the molecule is C[C@@H](C(=O)O)c1ccc2oc3ncccc3c(=O)c2c1. The molecule has 0 saturated carbocycles. The Morgan fingerprint density at radius 1 is 1.30 bits per heavy atom. The number of aromatic nitrogens is 1. The Hall–Kier alpha value is -2.69. The summed E-state index contributed by atoms with van der Waals surface area (Å²) in [5, 5.41) is 9.80. The van der Waals surface area contributed by atoms with Gasteiger partial charge in [0, 0.05) is 6.20 Å². The van der Waals surface area contributed by atoms with Gasteiger partial charge in [0.15, 0.2) is 0 Å². The van der Waals surface area contributed by atoms with Crippen LogP contribution in [0.15, 0.2) is 45.7 Å². The Morgan fingerprint density at radius 2 is 2.10 bits per heavy atom. The molecular formula is C15H11NO4. The van der Waals surface area contributed by atoms with Gasteiger partial charge in [0.2, 0.25) is 11.1 Å². The van der Waals surface area contributed by atoms with Crippen molar-refractivity contribution in [2.24, 2.45) is 0 Å². The lowest BCUT2D eigenvalue weighted by Gasteiger charge is -2.07. The average molecular weight is 269 g/mol. The number of hydrogen-bond donors (Lipinski definition) is 1. The van der Waals surface area contributed by atoms with Crippen LogP contribution in [0.3, 0.4) is 0 Å². The third-order valence-corrected chi connectivity index (χ3v) is 3.34. The van der Waals surface area contributed by atoms with Crippen molar-refractivity contribution in [3.05, 3.63) is 52.3 Å². The van der Waals surface area contributed by atoms with Crippen LogP contribution >= 0.6 is 0 Å². The number of hydrogen-bond acceptors (Lipinski definition) is 4. The number of carboxylic acid groups (broad SMARTS) is 1. The number of aliphatic carboxylic acids is 1. The molecule has 0 aliphatic rings. The molecule has 0 amide bonds. The molecule has 20 heavy (non-hydrogen) atoms. The summed E-state index contributed by atoms with van der Waals surface area (Å²) in [6, 6.07) is 8.14. The Morgan fingerprint density at radius 3 is 2.85 bits per heavy atom. The van der Waals surface area contributed by atoms with Gasteiger partial charge in [-0.1, -0.05) is 6.07 Å². The highest BCUT2D eigenvalue weighted by atomic mass is 16.4. The second-order valence-electron chi connectivity index (χ2n) is 4.60. The summed E-state index contributed by atoms with van der Waals surface area (Å²) >= 11 is 0. The standard InChI is InChI=1S/C15H11NO4/c1-8(15(18)19)9-4-5-12-11(7-9)13(17)10-3-2-6-16-14(10)20-12/h2-8H,1H3,(H,18,19)/t8-/m1/s1. The fourth-order valence-corrected chi connectivity index (χ4v) is 2.12. The predicted molar refractivity (Wildman–Crippen MR) is 73.8 cm³/mol. The first kappa shape index (κ1) is 12.3. The van der Waals surface area contributed by atoms with E-state index in [0.717, 1.165) is 0 Å². The molecule has 2 heterocycles. The zero-order valence-corrected chi connectivity index (χ0v) is 10.7. The summed E-state index contributed by atoms with van der Waals surface area (Å²) in [5.41, 5.74) is 1.06. The summed E-state index contributed by atoms with van der Waals surface area (Å²) < 4.78 is 5.56. The number of rotatable bonds is 2. The van der Waals surface area contributed by atoms with Crippen LogP contribution in [0.1, 0.15) is 18.4 Å². The molecule has 0 unspecified atom stereocenters. The molecule has 1 aromatic carbocycles. The Balaban J connectivity index is 2.34. The topological polar surface area (TPSA) is 80.4 Å². The molecule has 2 aromatic heterocycles. The van der Waals surface area contributed by atoms with Gasteiger partial charge in [-0.05, 0) is 36.8 Å². The first-order valence-corrected chi connectivity index (χ1v) is 6.12. The van der Waals surface area contributed by atoms with Crippen molar-refractivity contribution >= 4 is 28.0 Å². The van der Waals surface area contributed by atoms with Crippen molar-refractivity contribution < 1.29 is 14.3 Å². The minimum atomic E-state index is -0.934. The van der Waals surface area contributed by atoms with Crippen LogP contribution in [0.25, 0.3) is 22.1 Å². The summed E-state index contributed by atoms with van der Waals surface area (Å²) in [5.74, 6) is -1.61. The minimum Gasteiger partial charge on any atom is -0.481 e. The van der Waals surface area contributed by atoms with Crippen molar-refractivity contribution in [2.75, 3.05) is 0 Å². The van der Waals surface area contributed by atoms with E-state index in [9.17, 15) is 9.59 Å². The van der Waals surface area contributed by atoms with Crippen molar-refractivity contribution in [1.82, 2.24) is 4.98 Å². The lowest BCUT2D eigenvalue weighted by molar-refractivity contribution is -0.138. The number of benzene rings is 1. The van der Waals surface area contributed by atoms with Gasteiger partial charge in [-0.15, -0.1) is 0 Å². The third-order valence-electron chi connectivity index (χ3n) is 3.34. The fraction of sp³-hybridized carbons (Fsp3) is 0.133. The van der Waals surface area contributed by atoms with Gasteiger partial charge >= 0.3 is 5.97 Å². The number of carbonyl (C=O) groups is 1. The number of pyridine rings is 1. The molecule has 1 atom stereocenters. The zero-order chi connectivity index (χ0) is 14.3. The zero-order valence-electron chi connectivity index (χ0n) is 10.7. The van der Waals surface area contributed by atoms with Gasteiger partial charge in [-0.3, -0.25) is 9.59 Å². The maximum Gasteiger partial charge on any atom is 0.310 e. The fourth-order valence-electron chi connectivity index (χ4n) is 2.12. The van der Waals surface area contributed by atoms with Crippen molar-refractivity contribution in [3.63, 3.8) is 0 Å². The second-order valence-corrected chi connectivity index (χ2v) is 4.60. The van der Waals surface area contributed by atoms with E-state index in [1.165, 1.54) is 0 Å². The molecule has 5 heteroatoms. The molecule has 100 valence electrons. The highest BCUT2D eigenvalue weighted by Crippen LogP contribution is 2.22. The van der Waals surface area contributed by atoms with Crippen molar-refractivity contribution in [3.8, 4) is 0 Å². The summed E-state index contributed by atoms with van der Waals surface area (Å²) in [4.78, 5) is 27.4. The number of fused-ring (bicyclic) bond motifs is 2. The monoisotopic (exact) mass is 269 g/mol. The lowest BCUT2D eigenvalue weighted by atomic mass is 9.99. The van der Waals surface area contributed by atoms with Crippen LogP contribution < -0.4 is 5.43 Å². The maximum atomic E-state index is 12.4. The molecule has 0 fully saturated rings. The van der Waals surface area contributed by atoms with Crippen LogP contribution in [-0.2, 0) is 4.79 Å². The molecule has 0 aliphatic carbocycles. The van der Waals surface area contributed by atoms with Gasteiger partial charge < -0.3 is 9.52 Å². The molecule has 5 nitrogen and oxygen atoms in total. The minimum absolute atomic E-state index is 0.200. The molecule has 0 radical (unpaired) electrons. The molecule has 3 aromatic rings. The Labute approximate surface area is 113 Å². The van der Waals surface area contributed by atoms with Crippen LogP contribution in [0, 0.1) is 0 Å². The number of nitrogens with zero attached hydrogens (tertiary/aromatic N) is 1. The molecule has 0 spiro atoms. The van der Waals surface area contributed by atoms with Crippen molar-refractivity contribution in [2.45, 2.75) is 12.8 Å². The molecule has 3 rings (SSSR count). The smallest absolute Gasteiger partial charge is 0.310 e. The lowest BCUT2D eigenvalue weighted by Crippen LogP contribution is -2.09. The average Bonchev–Trinajstić information content (AvgIpc) is 2.46. The predicted octanol–water partition coefficient (Wildman–Crippen LogP) is 2.53. The normalized spacial score (nSPS) is 12.7. The number of carboxylic acids is 1. The maximum absolute atomic E-state index is 12.4. The van der Waals surface area contributed by atoms with Gasteiger partial charge in [0.05, 0.1) is 16.7 Å². The summed E-state index contributed by atoms with van der Waals surface area (Å²) in [6.07, 6.45) is 1.55. The van der Waals surface area contributed by atoms with E-state index in [4.69, 9.17) is 9.52 Å². The van der Waals surface area contributed by atoms with Crippen LogP contribution in [0.4, 0.5) is 0 Å². The van der Waals surface area contributed by atoms with E-state index in [1.54, 1.807) is 43.5 Å². The molecule has 0 saturated heterocycles. The first-order valence-electron chi connectivity index (χ1n) is 6.12. The van der Waals surface area contributed by atoms with Gasteiger partial charge in [0.25, 0.3) is 0 Å².